The van der Waals surface area contributed by atoms with E-state index in [9.17, 15) is 4.79 Å². The van der Waals surface area contributed by atoms with Crippen molar-refractivity contribution in [1.82, 2.24) is 0 Å². The maximum atomic E-state index is 11.0. The fourth-order valence-corrected chi connectivity index (χ4v) is 1.15. The Morgan fingerprint density at radius 1 is 1.33 bits per heavy atom. The average molecular weight is 207 g/mol. The van der Waals surface area contributed by atoms with Crippen LogP contribution in [-0.4, -0.2) is 20.2 Å². The molecule has 1 aromatic rings. The summed E-state index contributed by atoms with van der Waals surface area (Å²) in [6.07, 6.45) is 1.22. The van der Waals surface area contributed by atoms with Crippen molar-refractivity contribution in [2.24, 2.45) is 5.73 Å². The normalized spacial score (nSPS) is 10.9. The van der Waals surface area contributed by atoms with E-state index in [0.29, 0.717) is 17.0 Å². The number of carbonyl (C=O) groups excluding carboxylic acids is 1. The second-order valence-electron chi connectivity index (χ2n) is 2.82. The number of carbonyl (C=O) groups is 1. The largest absolute Gasteiger partial charge is 0.496 e. The molecule has 4 heteroatoms. The van der Waals surface area contributed by atoms with E-state index in [1.165, 1.54) is 13.2 Å². The molecule has 0 saturated carbocycles. The molecule has 1 aromatic carbocycles. The smallest absolute Gasteiger partial charge is 0.332 e. The van der Waals surface area contributed by atoms with Gasteiger partial charge in [-0.15, -0.1) is 0 Å². The van der Waals surface area contributed by atoms with Crippen molar-refractivity contribution in [2.45, 2.75) is 0 Å². The van der Waals surface area contributed by atoms with Gasteiger partial charge in [-0.1, -0.05) is 12.1 Å². The lowest BCUT2D eigenvalue weighted by Crippen LogP contribution is -2.04. The first kappa shape index (κ1) is 11.1. The van der Waals surface area contributed by atoms with E-state index in [-0.39, 0.29) is 0 Å². The molecule has 0 bridgehead atoms. The van der Waals surface area contributed by atoms with Crippen LogP contribution in [0.15, 0.2) is 30.3 Å². The van der Waals surface area contributed by atoms with E-state index in [1.54, 1.807) is 19.2 Å². The molecular weight excluding hydrogens is 194 g/mol. The minimum atomic E-state index is -0.488. The van der Waals surface area contributed by atoms with E-state index in [2.05, 4.69) is 4.74 Å². The number of methoxy groups -OCH3 is 2. The summed E-state index contributed by atoms with van der Waals surface area (Å²) in [6.45, 7) is 0. The molecule has 4 nitrogen and oxygen atoms in total. The summed E-state index contributed by atoms with van der Waals surface area (Å²) < 4.78 is 9.59. The highest BCUT2D eigenvalue weighted by atomic mass is 16.5. The Morgan fingerprint density at radius 2 is 2.00 bits per heavy atom. The molecule has 0 spiro atoms. The lowest BCUT2D eigenvalue weighted by atomic mass is 10.1. The number of hydrogen-bond donors (Lipinski definition) is 1. The van der Waals surface area contributed by atoms with E-state index in [1.807, 2.05) is 12.1 Å². The highest BCUT2D eigenvalue weighted by Crippen LogP contribution is 2.22. The zero-order chi connectivity index (χ0) is 11.3. The topological polar surface area (TPSA) is 61.5 Å². The standard InChI is InChI=1S/C11H13NO3/c1-14-10-6-4-3-5-8(10)9(12)7-11(13)15-2/h3-7H,12H2,1-2H3/b9-7+. The molecule has 0 fully saturated rings. The third-order valence-electron chi connectivity index (χ3n) is 1.89. The first-order valence-corrected chi connectivity index (χ1v) is 4.37. The van der Waals surface area contributed by atoms with Gasteiger partial charge in [0, 0.05) is 17.3 Å². The lowest BCUT2D eigenvalue weighted by Gasteiger charge is -2.07. The van der Waals surface area contributed by atoms with Crippen LogP contribution in [0, 0.1) is 0 Å². The van der Waals surface area contributed by atoms with Gasteiger partial charge in [0.25, 0.3) is 0 Å². The maximum Gasteiger partial charge on any atom is 0.332 e. The minimum absolute atomic E-state index is 0.319. The second kappa shape index (κ2) is 5.05. The Hall–Kier alpha value is -1.97. The summed E-state index contributed by atoms with van der Waals surface area (Å²) in [6, 6.07) is 7.19. The molecule has 0 aliphatic carbocycles. The Bertz CT molecular complexity index is 385. The van der Waals surface area contributed by atoms with Crippen molar-refractivity contribution in [1.29, 1.82) is 0 Å². The fraction of sp³-hybridized carbons (Fsp3) is 0.182. The predicted molar refractivity (Wildman–Crippen MR) is 57.2 cm³/mol. The molecular formula is C11H13NO3. The van der Waals surface area contributed by atoms with Gasteiger partial charge in [0.15, 0.2) is 0 Å². The van der Waals surface area contributed by atoms with E-state index in [4.69, 9.17) is 10.5 Å². The minimum Gasteiger partial charge on any atom is -0.496 e. The third kappa shape index (κ3) is 2.74. The van der Waals surface area contributed by atoms with Crippen molar-refractivity contribution >= 4 is 11.7 Å². The molecule has 0 heterocycles. The number of para-hydroxylation sites is 1. The molecule has 0 aliphatic heterocycles. The van der Waals surface area contributed by atoms with Gasteiger partial charge in [-0.3, -0.25) is 0 Å². The molecule has 0 amide bonds. The van der Waals surface area contributed by atoms with Gasteiger partial charge in [0.2, 0.25) is 0 Å². The van der Waals surface area contributed by atoms with Gasteiger partial charge in [-0.2, -0.15) is 0 Å². The van der Waals surface area contributed by atoms with Crippen molar-refractivity contribution in [3.8, 4) is 5.75 Å². The number of hydrogen-bond acceptors (Lipinski definition) is 4. The molecule has 0 aliphatic rings. The average Bonchev–Trinajstić information content (AvgIpc) is 2.28. The number of esters is 1. The third-order valence-corrected chi connectivity index (χ3v) is 1.89. The Kier molecular flexibility index (Phi) is 3.74. The summed E-state index contributed by atoms with van der Waals surface area (Å²) >= 11 is 0. The summed E-state index contributed by atoms with van der Waals surface area (Å²) in [5.74, 6) is 0.133. The number of ether oxygens (including phenoxy) is 2. The van der Waals surface area contributed by atoms with Crippen LogP contribution in [0.5, 0.6) is 5.75 Å². The van der Waals surface area contributed by atoms with Crippen LogP contribution in [0.25, 0.3) is 5.70 Å². The van der Waals surface area contributed by atoms with Gasteiger partial charge < -0.3 is 15.2 Å². The number of rotatable bonds is 3. The first-order chi connectivity index (χ1) is 7.19. The van der Waals surface area contributed by atoms with Crippen LogP contribution in [0.2, 0.25) is 0 Å². The summed E-state index contributed by atoms with van der Waals surface area (Å²) in [5, 5.41) is 0. The Morgan fingerprint density at radius 3 is 2.60 bits per heavy atom. The number of nitrogens with two attached hydrogens (primary N) is 1. The SMILES string of the molecule is COC(=O)/C=C(/N)c1ccccc1OC. The second-order valence-corrected chi connectivity index (χ2v) is 2.82. The fourth-order valence-electron chi connectivity index (χ4n) is 1.15. The van der Waals surface area contributed by atoms with Gasteiger partial charge in [-0.05, 0) is 12.1 Å². The summed E-state index contributed by atoms with van der Waals surface area (Å²) in [4.78, 5) is 11.0. The quantitative estimate of drug-likeness (QED) is 0.597. The monoisotopic (exact) mass is 207 g/mol. The highest BCUT2D eigenvalue weighted by molar-refractivity contribution is 5.91. The first-order valence-electron chi connectivity index (χ1n) is 4.37. The zero-order valence-electron chi connectivity index (χ0n) is 8.69. The van der Waals surface area contributed by atoms with Crippen molar-refractivity contribution in [2.75, 3.05) is 14.2 Å². The maximum absolute atomic E-state index is 11.0. The Balaban J connectivity index is 3.05. The van der Waals surface area contributed by atoms with Crippen LogP contribution in [0.1, 0.15) is 5.56 Å². The predicted octanol–water partition coefficient (Wildman–Crippen LogP) is 1.17. The van der Waals surface area contributed by atoms with Gasteiger partial charge in [-0.25, -0.2) is 4.79 Å². The van der Waals surface area contributed by atoms with Crippen molar-refractivity contribution in [3.63, 3.8) is 0 Å². The molecule has 1 rings (SSSR count). The molecule has 0 unspecified atom stereocenters. The van der Waals surface area contributed by atoms with Crippen LogP contribution in [-0.2, 0) is 9.53 Å². The molecule has 2 N–H and O–H groups in total. The van der Waals surface area contributed by atoms with E-state index >= 15 is 0 Å². The summed E-state index contributed by atoms with van der Waals surface area (Å²) in [5.41, 5.74) is 6.72. The molecule has 15 heavy (non-hydrogen) atoms. The number of benzene rings is 1. The van der Waals surface area contributed by atoms with Crippen LogP contribution in [0.3, 0.4) is 0 Å². The van der Waals surface area contributed by atoms with Crippen LogP contribution < -0.4 is 10.5 Å². The molecule has 0 atom stereocenters. The molecule has 0 aromatic heterocycles. The van der Waals surface area contributed by atoms with Crippen molar-refractivity contribution in [3.05, 3.63) is 35.9 Å². The lowest BCUT2D eigenvalue weighted by molar-refractivity contribution is -0.134. The van der Waals surface area contributed by atoms with Gasteiger partial charge in [0.05, 0.1) is 14.2 Å². The molecule has 0 radical (unpaired) electrons. The van der Waals surface area contributed by atoms with E-state index in [0.717, 1.165) is 0 Å². The Labute approximate surface area is 88.3 Å². The van der Waals surface area contributed by atoms with E-state index < -0.39 is 5.97 Å². The molecule has 0 saturated heterocycles. The van der Waals surface area contributed by atoms with Crippen LogP contribution in [0.4, 0.5) is 0 Å². The van der Waals surface area contributed by atoms with Crippen LogP contribution >= 0.6 is 0 Å². The molecule has 80 valence electrons. The van der Waals surface area contributed by atoms with Gasteiger partial charge in [0.1, 0.15) is 5.75 Å². The summed E-state index contributed by atoms with van der Waals surface area (Å²) in [7, 11) is 2.85. The highest BCUT2D eigenvalue weighted by Gasteiger charge is 2.06. The van der Waals surface area contributed by atoms with Crippen molar-refractivity contribution < 1.29 is 14.3 Å². The van der Waals surface area contributed by atoms with Gasteiger partial charge >= 0.3 is 5.97 Å². The zero-order valence-corrected chi connectivity index (χ0v) is 8.69.